The molecule has 1 aromatic rings. The Morgan fingerprint density at radius 1 is 1.00 bits per heavy atom. The van der Waals surface area contributed by atoms with Gasteiger partial charge in [0.05, 0.1) is 13.2 Å². The highest BCUT2D eigenvalue weighted by atomic mass is 16.5. The van der Waals surface area contributed by atoms with E-state index in [1.165, 1.54) is 33.8 Å². The third kappa shape index (κ3) is 2.39. The average Bonchev–Trinajstić information content (AvgIpc) is 2.51. The molecule has 0 bridgehead atoms. The van der Waals surface area contributed by atoms with Gasteiger partial charge in [0, 0.05) is 16.7 Å². The van der Waals surface area contributed by atoms with Crippen molar-refractivity contribution in [2.24, 2.45) is 0 Å². The Balaban J connectivity index is 2.04. The molecule has 20 heavy (non-hydrogen) atoms. The minimum atomic E-state index is 0.865. The Hall–Kier alpha value is -1.22. The number of nitrogens with one attached hydrogen (secondary N) is 1. The molecule has 3 nitrogen and oxygen atoms in total. The van der Waals surface area contributed by atoms with Crippen molar-refractivity contribution in [2.45, 2.75) is 45.4 Å². The third-order valence-corrected chi connectivity index (χ3v) is 4.47. The van der Waals surface area contributed by atoms with Gasteiger partial charge >= 0.3 is 0 Å². The number of rotatable bonds is 4. The molecule has 1 N–H and O–H groups in total. The van der Waals surface area contributed by atoms with Crippen LogP contribution < -0.4 is 14.8 Å². The van der Waals surface area contributed by atoms with Crippen LogP contribution in [0.1, 0.15) is 41.5 Å². The summed E-state index contributed by atoms with van der Waals surface area (Å²) in [4.78, 5) is 0. The Morgan fingerprint density at radius 3 is 2.45 bits per heavy atom. The fourth-order valence-corrected chi connectivity index (χ4v) is 3.48. The maximum Gasteiger partial charge on any atom is 0.126 e. The van der Waals surface area contributed by atoms with E-state index in [-0.39, 0.29) is 0 Å². The van der Waals surface area contributed by atoms with E-state index in [4.69, 9.17) is 9.47 Å². The van der Waals surface area contributed by atoms with Gasteiger partial charge in [-0.3, -0.25) is 0 Å². The molecule has 0 spiro atoms. The fraction of sp³-hybridized carbons (Fsp3) is 0.647. The zero-order valence-electron chi connectivity index (χ0n) is 12.7. The van der Waals surface area contributed by atoms with E-state index in [9.17, 15) is 0 Å². The normalized spacial score (nSPS) is 16.9. The molecule has 110 valence electrons. The van der Waals surface area contributed by atoms with Gasteiger partial charge in [0.1, 0.15) is 11.5 Å². The predicted molar refractivity (Wildman–Crippen MR) is 81.1 cm³/mol. The van der Waals surface area contributed by atoms with Gasteiger partial charge in [-0.2, -0.15) is 0 Å². The lowest BCUT2D eigenvalue weighted by atomic mass is 9.87. The molecule has 0 unspecified atom stereocenters. The Labute approximate surface area is 121 Å². The summed E-state index contributed by atoms with van der Waals surface area (Å²) in [5.41, 5.74) is 5.57. The maximum atomic E-state index is 6.06. The van der Waals surface area contributed by atoms with Crippen molar-refractivity contribution in [3.05, 3.63) is 22.3 Å². The smallest absolute Gasteiger partial charge is 0.126 e. The molecule has 2 aliphatic heterocycles. The van der Waals surface area contributed by atoms with Crippen LogP contribution in [-0.4, -0.2) is 26.8 Å². The molecular weight excluding hydrogens is 250 g/mol. The first kappa shape index (κ1) is 13.7. The number of benzene rings is 1. The molecule has 0 atom stereocenters. The Bertz CT molecular complexity index is 459. The summed E-state index contributed by atoms with van der Waals surface area (Å²) in [6, 6.07) is 0. The van der Waals surface area contributed by atoms with Gasteiger partial charge in [0.2, 0.25) is 0 Å². The summed E-state index contributed by atoms with van der Waals surface area (Å²) in [6.07, 6.45) is 6.78. The maximum absolute atomic E-state index is 6.06. The summed E-state index contributed by atoms with van der Waals surface area (Å²) < 4.78 is 12.1. The van der Waals surface area contributed by atoms with Crippen molar-refractivity contribution in [1.29, 1.82) is 0 Å². The van der Waals surface area contributed by atoms with Gasteiger partial charge in [-0.25, -0.2) is 0 Å². The molecule has 0 saturated carbocycles. The number of ether oxygens (including phenoxy) is 2. The second kappa shape index (κ2) is 6.04. The van der Waals surface area contributed by atoms with Crippen LogP contribution in [0.5, 0.6) is 11.5 Å². The van der Waals surface area contributed by atoms with Crippen LogP contribution in [0.4, 0.5) is 0 Å². The molecule has 0 amide bonds. The van der Waals surface area contributed by atoms with Crippen LogP contribution in [0, 0.1) is 6.92 Å². The lowest BCUT2D eigenvalue weighted by molar-refractivity contribution is 0.267. The highest BCUT2D eigenvalue weighted by Gasteiger charge is 2.26. The molecule has 0 radical (unpaired) electrons. The van der Waals surface area contributed by atoms with Crippen molar-refractivity contribution in [3.8, 4) is 11.5 Å². The summed E-state index contributed by atoms with van der Waals surface area (Å²) in [5, 5.41) is 3.24. The van der Waals surface area contributed by atoms with E-state index in [0.29, 0.717) is 0 Å². The molecule has 3 heteroatoms. The molecule has 0 aromatic heterocycles. The van der Waals surface area contributed by atoms with Crippen molar-refractivity contribution < 1.29 is 9.47 Å². The predicted octanol–water partition coefficient (Wildman–Crippen LogP) is 2.80. The average molecular weight is 275 g/mol. The SMILES string of the molecule is CNCCCc1c2c(c(C)c3c1OCCC3)OCCC2. The van der Waals surface area contributed by atoms with Crippen LogP contribution in [0.2, 0.25) is 0 Å². The van der Waals surface area contributed by atoms with Crippen molar-refractivity contribution in [1.82, 2.24) is 5.32 Å². The van der Waals surface area contributed by atoms with Gasteiger partial charge in [-0.1, -0.05) is 0 Å². The molecule has 2 heterocycles. The largest absolute Gasteiger partial charge is 0.493 e. The van der Waals surface area contributed by atoms with Gasteiger partial charge in [-0.05, 0) is 64.6 Å². The van der Waals surface area contributed by atoms with Crippen molar-refractivity contribution >= 4 is 0 Å². The van der Waals surface area contributed by atoms with Crippen LogP contribution in [0.25, 0.3) is 0 Å². The lowest BCUT2D eigenvalue weighted by Gasteiger charge is -2.30. The molecule has 1 aromatic carbocycles. The van der Waals surface area contributed by atoms with Gasteiger partial charge in [0.25, 0.3) is 0 Å². The first-order valence-electron chi connectivity index (χ1n) is 7.90. The van der Waals surface area contributed by atoms with Gasteiger partial charge < -0.3 is 14.8 Å². The number of hydrogen-bond donors (Lipinski definition) is 1. The minimum absolute atomic E-state index is 0.865. The molecule has 0 saturated heterocycles. The van der Waals surface area contributed by atoms with E-state index < -0.39 is 0 Å². The van der Waals surface area contributed by atoms with Gasteiger partial charge in [-0.15, -0.1) is 0 Å². The second-order valence-electron chi connectivity index (χ2n) is 5.83. The Kier molecular flexibility index (Phi) is 4.16. The zero-order chi connectivity index (χ0) is 13.9. The van der Waals surface area contributed by atoms with E-state index in [1.807, 2.05) is 7.05 Å². The monoisotopic (exact) mass is 275 g/mol. The second-order valence-corrected chi connectivity index (χ2v) is 5.83. The first-order valence-corrected chi connectivity index (χ1v) is 7.90. The minimum Gasteiger partial charge on any atom is -0.493 e. The summed E-state index contributed by atoms with van der Waals surface area (Å²) >= 11 is 0. The standard InChI is InChI=1S/C17H25NO2/c1-12-13-7-4-11-20-17(13)15(6-3-9-18-2)14-8-5-10-19-16(12)14/h18H,3-11H2,1-2H3. The van der Waals surface area contributed by atoms with Crippen LogP contribution in [0.15, 0.2) is 0 Å². The molecule has 2 aliphatic rings. The highest BCUT2D eigenvalue weighted by molar-refractivity contribution is 5.60. The van der Waals surface area contributed by atoms with E-state index >= 15 is 0 Å². The molecule has 3 rings (SSSR count). The van der Waals surface area contributed by atoms with E-state index in [2.05, 4.69) is 12.2 Å². The third-order valence-electron chi connectivity index (χ3n) is 4.47. The molecule has 0 aliphatic carbocycles. The summed E-state index contributed by atoms with van der Waals surface area (Å²) in [7, 11) is 2.01. The first-order chi connectivity index (χ1) is 9.83. The van der Waals surface area contributed by atoms with Crippen molar-refractivity contribution in [2.75, 3.05) is 26.8 Å². The fourth-order valence-electron chi connectivity index (χ4n) is 3.48. The van der Waals surface area contributed by atoms with Gasteiger partial charge in [0.15, 0.2) is 0 Å². The summed E-state index contributed by atoms with van der Waals surface area (Å²) in [5.74, 6) is 2.36. The number of fused-ring (bicyclic) bond motifs is 2. The quantitative estimate of drug-likeness (QED) is 0.857. The number of hydrogen-bond acceptors (Lipinski definition) is 3. The zero-order valence-corrected chi connectivity index (χ0v) is 12.7. The van der Waals surface area contributed by atoms with Crippen LogP contribution >= 0.6 is 0 Å². The van der Waals surface area contributed by atoms with Crippen molar-refractivity contribution in [3.63, 3.8) is 0 Å². The highest BCUT2D eigenvalue weighted by Crippen LogP contribution is 2.43. The Morgan fingerprint density at radius 2 is 1.70 bits per heavy atom. The van der Waals surface area contributed by atoms with E-state index in [0.717, 1.165) is 58.3 Å². The van der Waals surface area contributed by atoms with Crippen LogP contribution in [-0.2, 0) is 19.3 Å². The molecule has 0 fully saturated rings. The van der Waals surface area contributed by atoms with Crippen LogP contribution in [0.3, 0.4) is 0 Å². The summed E-state index contributed by atoms with van der Waals surface area (Å²) in [6.45, 7) is 4.99. The topological polar surface area (TPSA) is 30.5 Å². The van der Waals surface area contributed by atoms with E-state index in [1.54, 1.807) is 0 Å². The lowest BCUT2D eigenvalue weighted by Crippen LogP contribution is -2.19. The molecular formula is C17H25NO2.